The summed E-state index contributed by atoms with van der Waals surface area (Å²) in [6.45, 7) is 7.50. The molecule has 0 fully saturated rings. The molecule has 0 aromatic carbocycles. The van der Waals surface area contributed by atoms with Gasteiger partial charge >= 0.3 is 17.9 Å². The maximum absolute atomic E-state index is 5.45. The minimum absolute atomic E-state index is 1.55. The van der Waals surface area contributed by atoms with Crippen molar-refractivity contribution in [1.29, 1.82) is 0 Å². The Kier molecular flexibility index (Phi) is 6.93. The van der Waals surface area contributed by atoms with Crippen LogP contribution in [0.3, 0.4) is 0 Å². The van der Waals surface area contributed by atoms with E-state index in [4.69, 9.17) is 18.1 Å². The molecule has 0 aliphatic carbocycles. The van der Waals surface area contributed by atoms with Gasteiger partial charge in [-0.25, -0.2) is 0 Å². The van der Waals surface area contributed by atoms with Gasteiger partial charge in [-0.1, -0.05) is 11.4 Å². The van der Waals surface area contributed by atoms with Crippen LogP contribution < -0.4 is 0 Å². The van der Waals surface area contributed by atoms with Crippen LogP contribution in [0, 0.1) is 0 Å². The molecule has 0 radical (unpaired) electrons. The summed E-state index contributed by atoms with van der Waals surface area (Å²) in [7, 11) is 1.72. The average Bonchev–Trinajstić information content (AvgIpc) is 2.30. The van der Waals surface area contributed by atoms with Crippen LogP contribution in [0.1, 0.15) is 0 Å². The van der Waals surface area contributed by atoms with E-state index in [2.05, 4.69) is 13.2 Å². The SMILES string of the molecule is C=C[Si](C=C)(OC)N(OC)[SiH](OC)OC. The van der Waals surface area contributed by atoms with Gasteiger partial charge in [-0.15, -0.1) is 13.2 Å². The van der Waals surface area contributed by atoms with E-state index in [1.165, 1.54) is 0 Å². The van der Waals surface area contributed by atoms with E-state index in [0.29, 0.717) is 0 Å². The third-order valence-corrected chi connectivity index (χ3v) is 7.99. The molecule has 0 amide bonds. The van der Waals surface area contributed by atoms with Gasteiger partial charge in [-0.2, -0.15) is 4.39 Å². The van der Waals surface area contributed by atoms with Crippen molar-refractivity contribution in [3.05, 3.63) is 24.6 Å². The lowest BCUT2D eigenvalue weighted by molar-refractivity contribution is -0.0378. The highest BCUT2D eigenvalue weighted by atomic mass is 28.4. The lowest BCUT2D eigenvalue weighted by Crippen LogP contribution is -2.60. The summed E-state index contributed by atoms with van der Waals surface area (Å²) in [6, 6.07) is 0. The van der Waals surface area contributed by atoms with E-state index in [0.717, 1.165) is 0 Å². The predicted octanol–water partition coefficient (Wildman–Crippen LogP) is 0.399. The second kappa shape index (κ2) is 7.06. The van der Waals surface area contributed by atoms with Crippen molar-refractivity contribution >= 4 is 17.9 Å². The first-order valence-corrected chi connectivity index (χ1v) is 7.84. The summed E-state index contributed by atoms with van der Waals surface area (Å²) in [4.78, 5) is 5.27. The lowest BCUT2D eigenvalue weighted by atomic mass is 11.2. The van der Waals surface area contributed by atoms with Gasteiger partial charge in [0.05, 0.1) is 7.11 Å². The van der Waals surface area contributed by atoms with Crippen LogP contribution in [0.5, 0.6) is 0 Å². The molecule has 0 spiro atoms. The van der Waals surface area contributed by atoms with E-state index in [1.54, 1.807) is 44.2 Å². The van der Waals surface area contributed by atoms with Crippen LogP contribution in [0.4, 0.5) is 0 Å². The average molecular weight is 249 g/mol. The van der Waals surface area contributed by atoms with E-state index >= 15 is 0 Å². The lowest BCUT2D eigenvalue weighted by Gasteiger charge is -2.35. The molecule has 0 aromatic heterocycles. The van der Waals surface area contributed by atoms with Gasteiger partial charge in [0, 0.05) is 21.3 Å². The smallest absolute Gasteiger partial charge is 0.400 e. The second-order valence-corrected chi connectivity index (χ2v) is 8.36. The molecule has 0 rings (SSSR count). The van der Waals surface area contributed by atoms with Crippen LogP contribution in [0.25, 0.3) is 0 Å². The summed E-state index contributed by atoms with van der Waals surface area (Å²) < 4.78 is 17.6. The van der Waals surface area contributed by atoms with Gasteiger partial charge in [0.1, 0.15) is 0 Å². The summed E-state index contributed by atoms with van der Waals surface area (Å²) in [5, 5.41) is 0. The quantitative estimate of drug-likeness (QED) is 0.460. The standard InChI is InChI=1S/C8H19NO4Si2/c1-7-15(8-2,13-6)9(10-3)14(11-4)12-5/h7-8,14H,1-2H2,3-6H3. The van der Waals surface area contributed by atoms with Crippen molar-refractivity contribution in [1.82, 2.24) is 4.39 Å². The molecular formula is C8H19NO4Si2. The first-order valence-electron chi connectivity index (χ1n) is 4.37. The highest BCUT2D eigenvalue weighted by Gasteiger charge is 2.43. The topological polar surface area (TPSA) is 40.2 Å². The summed E-state index contributed by atoms with van der Waals surface area (Å²) in [5.41, 5.74) is 3.42. The van der Waals surface area contributed by atoms with Crippen molar-refractivity contribution < 1.29 is 18.1 Å². The largest absolute Gasteiger partial charge is 0.430 e. The summed E-state index contributed by atoms with van der Waals surface area (Å²) in [5.74, 6) is 0. The van der Waals surface area contributed by atoms with Crippen LogP contribution in [0.15, 0.2) is 24.6 Å². The van der Waals surface area contributed by atoms with Gasteiger partial charge in [0.15, 0.2) is 0 Å². The van der Waals surface area contributed by atoms with Gasteiger partial charge in [-0.3, -0.25) is 0 Å². The fourth-order valence-electron chi connectivity index (χ4n) is 1.20. The van der Waals surface area contributed by atoms with Crippen LogP contribution in [-0.4, -0.2) is 50.8 Å². The molecule has 0 saturated heterocycles. The summed E-state index contributed by atoms with van der Waals surface area (Å²) >= 11 is 0. The minimum Gasteiger partial charge on any atom is -0.400 e. The molecule has 7 heteroatoms. The Balaban J connectivity index is 5.03. The van der Waals surface area contributed by atoms with Crippen molar-refractivity contribution in [2.45, 2.75) is 0 Å². The molecule has 0 aromatic rings. The van der Waals surface area contributed by atoms with Crippen molar-refractivity contribution in [2.75, 3.05) is 28.4 Å². The monoisotopic (exact) mass is 249 g/mol. The normalized spacial score (nSPS) is 12.1. The van der Waals surface area contributed by atoms with E-state index in [1.807, 2.05) is 0 Å². The number of rotatable bonds is 8. The van der Waals surface area contributed by atoms with Crippen molar-refractivity contribution in [3.63, 3.8) is 0 Å². The van der Waals surface area contributed by atoms with E-state index < -0.39 is 17.9 Å². The zero-order valence-corrected chi connectivity index (χ0v) is 11.9. The number of nitrogens with zero attached hydrogens (tertiary/aromatic N) is 1. The van der Waals surface area contributed by atoms with Gasteiger partial charge < -0.3 is 18.1 Å². The van der Waals surface area contributed by atoms with Crippen molar-refractivity contribution in [2.24, 2.45) is 0 Å². The molecule has 0 heterocycles. The fourth-order valence-corrected chi connectivity index (χ4v) is 6.17. The van der Waals surface area contributed by atoms with Gasteiger partial charge in [0.2, 0.25) is 0 Å². The molecule has 15 heavy (non-hydrogen) atoms. The highest BCUT2D eigenvalue weighted by Crippen LogP contribution is 2.16. The molecule has 0 N–H and O–H groups in total. The van der Waals surface area contributed by atoms with Crippen molar-refractivity contribution in [3.8, 4) is 0 Å². The molecule has 5 nitrogen and oxygen atoms in total. The number of hydrogen-bond donors (Lipinski definition) is 0. The van der Waals surface area contributed by atoms with E-state index in [9.17, 15) is 0 Å². The Morgan fingerprint density at radius 1 is 1.07 bits per heavy atom. The molecule has 0 atom stereocenters. The van der Waals surface area contributed by atoms with Crippen LogP contribution in [-0.2, 0) is 18.1 Å². The first kappa shape index (κ1) is 14.7. The third kappa shape index (κ3) is 3.08. The first-order chi connectivity index (χ1) is 7.15. The maximum Gasteiger partial charge on any atom is 0.430 e. The fraction of sp³-hybridized carbons (Fsp3) is 0.500. The Bertz CT molecular complexity index is 203. The second-order valence-electron chi connectivity index (χ2n) is 2.65. The Hall–Kier alpha value is -0.286. The molecule has 0 saturated carbocycles. The Labute approximate surface area is 94.0 Å². The van der Waals surface area contributed by atoms with Crippen LogP contribution >= 0.6 is 0 Å². The molecule has 0 aliphatic rings. The number of hydrogen-bond acceptors (Lipinski definition) is 5. The maximum atomic E-state index is 5.45. The van der Waals surface area contributed by atoms with Gasteiger partial charge in [-0.05, 0) is 0 Å². The predicted molar refractivity (Wildman–Crippen MR) is 63.2 cm³/mol. The molecule has 0 aliphatic heterocycles. The van der Waals surface area contributed by atoms with Crippen LogP contribution in [0.2, 0.25) is 0 Å². The molecular weight excluding hydrogens is 230 g/mol. The zero-order chi connectivity index (χ0) is 11.9. The van der Waals surface area contributed by atoms with Gasteiger partial charge in [0.25, 0.3) is 0 Å². The molecule has 0 bridgehead atoms. The van der Waals surface area contributed by atoms with E-state index in [-0.39, 0.29) is 0 Å². The highest BCUT2D eigenvalue weighted by molar-refractivity contribution is 6.85. The Morgan fingerprint density at radius 3 is 1.73 bits per heavy atom. The third-order valence-electron chi connectivity index (χ3n) is 2.05. The zero-order valence-electron chi connectivity index (χ0n) is 9.73. The Morgan fingerprint density at radius 2 is 1.53 bits per heavy atom. The molecule has 0 unspecified atom stereocenters. The minimum atomic E-state index is -2.50. The molecule has 88 valence electrons. The summed E-state index contributed by atoms with van der Waals surface area (Å²) in [6.07, 6.45) is 0.